The maximum absolute atomic E-state index is 11.7. The van der Waals surface area contributed by atoms with Gasteiger partial charge in [-0.3, -0.25) is 4.79 Å². The van der Waals surface area contributed by atoms with Crippen LogP contribution in [0, 0.1) is 0 Å². The highest BCUT2D eigenvalue weighted by molar-refractivity contribution is 5.95. The molecule has 1 rings (SSSR count). The van der Waals surface area contributed by atoms with Gasteiger partial charge < -0.3 is 9.47 Å². The van der Waals surface area contributed by atoms with Gasteiger partial charge in [0.25, 0.3) is 5.91 Å². The Bertz CT molecular complexity index is 467. The van der Waals surface area contributed by atoms with Gasteiger partial charge in [-0.05, 0) is 31.2 Å². The number of hydrazone groups is 1. The number of carbonyl (C=O) groups is 1. The number of nitrogens with one attached hydrogen (secondary N) is 1. The van der Waals surface area contributed by atoms with Crippen molar-refractivity contribution in [1.82, 2.24) is 5.43 Å². The summed E-state index contributed by atoms with van der Waals surface area (Å²) in [6.07, 6.45) is 5.03. The summed E-state index contributed by atoms with van der Waals surface area (Å²) in [6, 6.07) is 4.91. The average molecular weight is 248 g/mol. The summed E-state index contributed by atoms with van der Waals surface area (Å²) in [7, 11) is 3.06. The van der Waals surface area contributed by atoms with E-state index in [1.54, 1.807) is 31.4 Å². The summed E-state index contributed by atoms with van der Waals surface area (Å²) in [5.41, 5.74) is 2.85. The molecule has 18 heavy (non-hydrogen) atoms. The van der Waals surface area contributed by atoms with Crippen LogP contribution in [0.25, 0.3) is 0 Å². The fourth-order valence-corrected chi connectivity index (χ4v) is 1.27. The van der Waals surface area contributed by atoms with Crippen LogP contribution in [0.1, 0.15) is 17.3 Å². The molecule has 0 saturated heterocycles. The molecule has 0 saturated carbocycles. The Labute approximate surface area is 106 Å². The number of allylic oxidation sites excluding steroid dienone is 2. The van der Waals surface area contributed by atoms with Gasteiger partial charge >= 0.3 is 0 Å². The number of ether oxygens (including phenoxy) is 2. The summed E-state index contributed by atoms with van der Waals surface area (Å²) in [6.45, 7) is 1.86. The van der Waals surface area contributed by atoms with Crippen LogP contribution in [0.5, 0.6) is 11.5 Å². The first-order chi connectivity index (χ1) is 8.72. The number of carbonyl (C=O) groups excluding carboxylic acids is 1. The van der Waals surface area contributed by atoms with Crippen molar-refractivity contribution in [3.8, 4) is 11.5 Å². The van der Waals surface area contributed by atoms with Crippen LogP contribution in [-0.2, 0) is 0 Å². The Morgan fingerprint density at radius 3 is 2.61 bits per heavy atom. The van der Waals surface area contributed by atoms with Crippen LogP contribution in [0.3, 0.4) is 0 Å². The number of amides is 1. The molecule has 0 bridgehead atoms. The lowest BCUT2D eigenvalue weighted by Crippen LogP contribution is -2.17. The van der Waals surface area contributed by atoms with Crippen molar-refractivity contribution in [3.63, 3.8) is 0 Å². The number of benzene rings is 1. The van der Waals surface area contributed by atoms with E-state index in [9.17, 15) is 4.79 Å². The highest BCUT2D eigenvalue weighted by Crippen LogP contribution is 2.27. The SMILES string of the molecule is C/C=C/C=N\NC(=O)c1ccc(OC)c(OC)c1. The molecule has 0 radical (unpaired) electrons. The first kappa shape index (κ1) is 13.8. The summed E-state index contributed by atoms with van der Waals surface area (Å²) >= 11 is 0. The van der Waals surface area contributed by atoms with Gasteiger partial charge in [0.1, 0.15) is 0 Å². The normalized spacial score (nSPS) is 10.8. The summed E-state index contributed by atoms with van der Waals surface area (Å²) in [4.78, 5) is 11.7. The second-order valence-corrected chi connectivity index (χ2v) is 3.31. The molecule has 0 aliphatic rings. The number of rotatable bonds is 5. The summed E-state index contributed by atoms with van der Waals surface area (Å²) < 4.78 is 10.2. The van der Waals surface area contributed by atoms with Gasteiger partial charge in [-0.2, -0.15) is 5.10 Å². The molecule has 96 valence electrons. The fraction of sp³-hybridized carbons (Fsp3) is 0.231. The monoisotopic (exact) mass is 248 g/mol. The molecule has 1 amide bonds. The molecule has 0 aliphatic carbocycles. The smallest absolute Gasteiger partial charge is 0.271 e. The molecule has 1 aromatic carbocycles. The lowest BCUT2D eigenvalue weighted by Gasteiger charge is -2.08. The van der Waals surface area contributed by atoms with Gasteiger partial charge in [-0.25, -0.2) is 5.43 Å². The maximum atomic E-state index is 11.7. The minimum absolute atomic E-state index is 0.309. The van der Waals surface area contributed by atoms with E-state index in [-0.39, 0.29) is 5.91 Å². The Morgan fingerprint density at radius 2 is 2.00 bits per heavy atom. The lowest BCUT2D eigenvalue weighted by atomic mass is 10.2. The third-order valence-electron chi connectivity index (χ3n) is 2.16. The van der Waals surface area contributed by atoms with E-state index in [0.717, 1.165) is 0 Å². The minimum atomic E-state index is -0.309. The second kappa shape index (κ2) is 7.11. The summed E-state index contributed by atoms with van der Waals surface area (Å²) in [5, 5.41) is 3.75. The zero-order valence-electron chi connectivity index (χ0n) is 10.6. The van der Waals surface area contributed by atoms with Crippen LogP contribution in [0.4, 0.5) is 0 Å². The molecule has 0 unspecified atom stereocenters. The molecule has 1 aromatic rings. The van der Waals surface area contributed by atoms with E-state index >= 15 is 0 Å². The van der Waals surface area contributed by atoms with E-state index in [2.05, 4.69) is 10.5 Å². The summed E-state index contributed by atoms with van der Waals surface area (Å²) in [5.74, 6) is 0.769. The van der Waals surface area contributed by atoms with Crippen LogP contribution in [0.2, 0.25) is 0 Å². The first-order valence-corrected chi connectivity index (χ1v) is 5.39. The Hall–Kier alpha value is -2.30. The topological polar surface area (TPSA) is 59.9 Å². The molecule has 1 N–H and O–H groups in total. The first-order valence-electron chi connectivity index (χ1n) is 5.39. The van der Waals surface area contributed by atoms with Gasteiger partial charge in [-0.1, -0.05) is 6.08 Å². The second-order valence-electron chi connectivity index (χ2n) is 3.31. The van der Waals surface area contributed by atoms with E-state index < -0.39 is 0 Å². The van der Waals surface area contributed by atoms with Crippen molar-refractivity contribution in [2.24, 2.45) is 5.10 Å². The van der Waals surface area contributed by atoms with E-state index in [0.29, 0.717) is 17.1 Å². The van der Waals surface area contributed by atoms with Crippen molar-refractivity contribution in [3.05, 3.63) is 35.9 Å². The molecule has 0 atom stereocenters. The molecule has 5 heteroatoms. The maximum Gasteiger partial charge on any atom is 0.271 e. The van der Waals surface area contributed by atoms with Crippen molar-refractivity contribution in [2.75, 3.05) is 14.2 Å². The van der Waals surface area contributed by atoms with Gasteiger partial charge in [0.05, 0.1) is 14.2 Å². The van der Waals surface area contributed by atoms with Gasteiger partial charge in [-0.15, -0.1) is 0 Å². The Balaban J connectivity index is 2.80. The van der Waals surface area contributed by atoms with E-state index in [1.165, 1.54) is 13.3 Å². The number of nitrogens with zero attached hydrogens (tertiary/aromatic N) is 1. The highest BCUT2D eigenvalue weighted by atomic mass is 16.5. The van der Waals surface area contributed by atoms with E-state index in [4.69, 9.17) is 9.47 Å². The average Bonchev–Trinajstić information content (AvgIpc) is 2.42. The van der Waals surface area contributed by atoms with Gasteiger partial charge in [0.2, 0.25) is 0 Å². The van der Waals surface area contributed by atoms with Gasteiger partial charge in [0.15, 0.2) is 11.5 Å². The zero-order chi connectivity index (χ0) is 13.4. The molecule has 0 spiro atoms. The molecule has 0 fully saturated rings. The van der Waals surface area contributed by atoms with Crippen LogP contribution in [0.15, 0.2) is 35.5 Å². The van der Waals surface area contributed by atoms with E-state index in [1.807, 2.05) is 13.0 Å². The molecule has 0 heterocycles. The molecular weight excluding hydrogens is 232 g/mol. The predicted octanol–water partition coefficient (Wildman–Crippen LogP) is 2.00. The zero-order valence-corrected chi connectivity index (χ0v) is 10.6. The third-order valence-corrected chi connectivity index (χ3v) is 2.16. The lowest BCUT2D eigenvalue weighted by molar-refractivity contribution is 0.0954. The molecule has 5 nitrogen and oxygen atoms in total. The van der Waals surface area contributed by atoms with Crippen LogP contribution in [-0.4, -0.2) is 26.3 Å². The van der Waals surface area contributed by atoms with Crippen LogP contribution < -0.4 is 14.9 Å². The van der Waals surface area contributed by atoms with Crippen molar-refractivity contribution >= 4 is 12.1 Å². The fourth-order valence-electron chi connectivity index (χ4n) is 1.27. The Morgan fingerprint density at radius 1 is 1.28 bits per heavy atom. The quantitative estimate of drug-likeness (QED) is 0.640. The predicted molar refractivity (Wildman–Crippen MR) is 70.3 cm³/mol. The standard InChI is InChI=1S/C13H16N2O3/c1-4-5-8-14-15-13(16)10-6-7-11(17-2)12(9-10)18-3/h4-9H,1-3H3,(H,15,16)/b5-4+,14-8-. The Kier molecular flexibility index (Phi) is 5.44. The molecule has 0 aliphatic heterocycles. The third kappa shape index (κ3) is 3.62. The van der Waals surface area contributed by atoms with Crippen molar-refractivity contribution in [1.29, 1.82) is 0 Å². The van der Waals surface area contributed by atoms with Gasteiger partial charge in [0, 0.05) is 11.8 Å². The van der Waals surface area contributed by atoms with Crippen molar-refractivity contribution in [2.45, 2.75) is 6.92 Å². The minimum Gasteiger partial charge on any atom is -0.493 e. The number of hydrogen-bond acceptors (Lipinski definition) is 4. The largest absolute Gasteiger partial charge is 0.493 e. The molecule has 0 aromatic heterocycles. The van der Waals surface area contributed by atoms with Crippen LogP contribution >= 0.6 is 0 Å². The number of hydrogen-bond donors (Lipinski definition) is 1. The molecular formula is C13H16N2O3. The highest BCUT2D eigenvalue weighted by Gasteiger charge is 2.09. The van der Waals surface area contributed by atoms with Crippen molar-refractivity contribution < 1.29 is 14.3 Å². The number of methoxy groups -OCH3 is 2.